The van der Waals surface area contributed by atoms with Crippen LogP contribution in [0, 0.1) is 0 Å². The van der Waals surface area contributed by atoms with Crippen LogP contribution in [0.4, 0.5) is 0 Å². The van der Waals surface area contributed by atoms with Crippen LogP contribution >= 0.6 is 0 Å². The van der Waals surface area contributed by atoms with E-state index in [1.807, 2.05) is 36.7 Å². The van der Waals surface area contributed by atoms with Crippen molar-refractivity contribution in [2.24, 2.45) is 0 Å². The van der Waals surface area contributed by atoms with Crippen molar-refractivity contribution in [2.75, 3.05) is 27.2 Å². The number of rotatable bonds is 3. The maximum Gasteiger partial charge on any atom is 0.119 e. The van der Waals surface area contributed by atoms with Crippen LogP contribution in [0.3, 0.4) is 0 Å². The predicted molar refractivity (Wildman–Crippen MR) is 83.5 cm³/mol. The number of methoxy groups -OCH3 is 1. The van der Waals surface area contributed by atoms with E-state index in [4.69, 9.17) is 4.74 Å². The molecule has 1 aliphatic heterocycles. The molecule has 0 amide bonds. The monoisotopic (exact) mass is 283 g/mol. The number of hydrogen-bond donors (Lipinski definition) is 0. The summed E-state index contributed by atoms with van der Waals surface area (Å²) in [6.07, 6.45) is 6.15. The van der Waals surface area contributed by atoms with Gasteiger partial charge in [-0.2, -0.15) is 0 Å². The molecule has 0 aliphatic carbocycles. The molecule has 4 nitrogen and oxygen atoms in total. The van der Waals surface area contributed by atoms with E-state index in [-0.39, 0.29) is 0 Å². The summed E-state index contributed by atoms with van der Waals surface area (Å²) >= 11 is 0. The third-order valence-corrected chi connectivity index (χ3v) is 4.17. The average Bonchev–Trinajstić information content (AvgIpc) is 2.56. The Labute approximate surface area is 125 Å². The van der Waals surface area contributed by atoms with E-state index in [1.54, 1.807) is 7.11 Å². The summed E-state index contributed by atoms with van der Waals surface area (Å²) in [5.74, 6) is 1.39. The minimum Gasteiger partial charge on any atom is -0.497 e. The second-order valence-electron chi connectivity index (χ2n) is 5.64. The molecule has 1 saturated heterocycles. The van der Waals surface area contributed by atoms with Gasteiger partial charge in [0.05, 0.1) is 24.7 Å². The quantitative estimate of drug-likeness (QED) is 0.868. The van der Waals surface area contributed by atoms with Gasteiger partial charge in [0.2, 0.25) is 0 Å². The fourth-order valence-corrected chi connectivity index (χ4v) is 2.78. The molecule has 0 N–H and O–H groups in total. The lowest BCUT2D eigenvalue weighted by Crippen LogP contribution is -2.29. The number of ether oxygens (including phenoxy) is 1. The van der Waals surface area contributed by atoms with Crippen LogP contribution in [0.5, 0.6) is 5.75 Å². The molecule has 1 aromatic heterocycles. The zero-order chi connectivity index (χ0) is 14.7. The molecule has 2 aromatic rings. The maximum atomic E-state index is 5.25. The second-order valence-corrected chi connectivity index (χ2v) is 5.64. The zero-order valence-electron chi connectivity index (χ0n) is 12.6. The molecule has 0 unspecified atom stereocenters. The van der Waals surface area contributed by atoms with Crippen LogP contribution in [0.1, 0.15) is 24.5 Å². The third kappa shape index (κ3) is 3.22. The molecule has 0 atom stereocenters. The van der Waals surface area contributed by atoms with Crippen molar-refractivity contribution in [2.45, 2.75) is 18.8 Å². The fourth-order valence-electron chi connectivity index (χ4n) is 2.78. The Morgan fingerprint density at radius 3 is 2.62 bits per heavy atom. The van der Waals surface area contributed by atoms with E-state index in [1.165, 1.54) is 12.8 Å². The van der Waals surface area contributed by atoms with Crippen molar-refractivity contribution in [3.05, 3.63) is 42.4 Å². The minimum absolute atomic E-state index is 0.549. The minimum atomic E-state index is 0.549. The summed E-state index contributed by atoms with van der Waals surface area (Å²) in [5.41, 5.74) is 3.05. The van der Waals surface area contributed by atoms with E-state index in [0.29, 0.717) is 5.92 Å². The average molecular weight is 283 g/mol. The van der Waals surface area contributed by atoms with Gasteiger partial charge in [0.1, 0.15) is 5.75 Å². The molecule has 0 spiro atoms. The highest BCUT2D eigenvalue weighted by Gasteiger charge is 2.19. The summed E-state index contributed by atoms with van der Waals surface area (Å²) in [5, 5.41) is 0. The van der Waals surface area contributed by atoms with Gasteiger partial charge in [-0.05, 0) is 45.1 Å². The van der Waals surface area contributed by atoms with Crippen molar-refractivity contribution in [3.63, 3.8) is 0 Å². The van der Waals surface area contributed by atoms with Crippen molar-refractivity contribution in [3.8, 4) is 17.0 Å². The van der Waals surface area contributed by atoms with Gasteiger partial charge in [-0.15, -0.1) is 0 Å². The van der Waals surface area contributed by atoms with Gasteiger partial charge in [-0.25, -0.2) is 0 Å². The van der Waals surface area contributed by atoms with Crippen molar-refractivity contribution in [1.82, 2.24) is 14.9 Å². The Bertz CT molecular complexity index is 589. The fraction of sp³-hybridized carbons (Fsp3) is 0.412. The molecule has 0 bridgehead atoms. The van der Waals surface area contributed by atoms with Gasteiger partial charge in [0, 0.05) is 17.7 Å². The summed E-state index contributed by atoms with van der Waals surface area (Å²) in [6.45, 7) is 2.29. The van der Waals surface area contributed by atoms with Crippen LogP contribution in [0.15, 0.2) is 36.7 Å². The first-order chi connectivity index (χ1) is 10.3. The van der Waals surface area contributed by atoms with E-state index in [0.717, 1.165) is 35.8 Å². The summed E-state index contributed by atoms with van der Waals surface area (Å²) in [7, 11) is 3.85. The van der Waals surface area contributed by atoms with Crippen LogP contribution in [0.25, 0.3) is 11.3 Å². The Morgan fingerprint density at radius 1 is 1.14 bits per heavy atom. The van der Waals surface area contributed by atoms with Crippen LogP contribution in [-0.4, -0.2) is 42.1 Å². The normalized spacial score (nSPS) is 16.9. The lowest BCUT2D eigenvalue weighted by Gasteiger charge is -2.28. The second kappa shape index (κ2) is 6.22. The molecule has 1 fully saturated rings. The molecule has 0 radical (unpaired) electrons. The van der Waals surface area contributed by atoms with Crippen molar-refractivity contribution in [1.29, 1.82) is 0 Å². The molecule has 2 heterocycles. The van der Waals surface area contributed by atoms with Crippen molar-refractivity contribution < 1.29 is 4.74 Å². The Balaban J connectivity index is 1.77. The van der Waals surface area contributed by atoms with Crippen LogP contribution < -0.4 is 4.74 Å². The van der Waals surface area contributed by atoms with E-state index < -0.39 is 0 Å². The van der Waals surface area contributed by atoms with Crippen LogP contribution in [0.2, 0.25) is 0 Å². The topological polar surface area (TPSA) is 38.2 Å². The maximum absolute atomic E-state index is 5.25. The third-order valence-electron chi connectivity index (χ3n) is 4.17. The molecular formula is C17H21N3O. The largest absolute Gasteiger partial charge is 0.497 e. The van der Waals surface area contributed by atoms with E-state index in [9.17, 15) is 0 Å². The number of hydrogen-bond acceptors (Lipinski definition) is 4. The molecule has 0 saturated carbocycles. The van der Waals surface area contributed by atoms with Gasteiger partial charge < -0.3 is 9.64 Å². The number of nitrogens with zero attached hydrogens (tertiary/aromatic N) is 3. The first-order valence-corrected chi connectivity index (χ1v) is 7.41. The molecular weight excluding hydrogens is 262 g/mol. The first-order valence-electron chi connectivity index (χ1n) is 7.41. The number of benzene rings is 1. The Kier molecular flexibility index (Phi) is 4.15. The number of aromatic nitrogens is 2. The molecule has 1 aromatic carbocycles. The van der Waals surface area contributed by atoms with Gasteiger partial charge in [-0.1, -0.05) is 12.1 Å². The summed E-state index contributed by atoms with van der Waals surface area (Å²) in [4.78, 5) is 11.6. The molecule has 3 rings (SSSR count). The van der Waals surface area contributed by atoms with Crippen molar-refractivity contribution >= 4 is 0 Å². The standard InChI is InChI=1S/C17H21N3O/c1-20-8-6-13(7-9-20)16-11-19-17(12-18-16)14-4-3-5-15(10-14)21-2/h3-5,10-13H,6-9H2,1-2H3. The highest BCUT2D eigenvalue weighted by molar-refractivity contribution is 5.60. The van der Waals surface area contributed by atoms with Crippen LogP contribution in [-0.2, 0) is 0 Å². The summed E-state index contributed by atoms with van der Waals surface area (Å²) < 4.78 is 5.25. The molecule has 4 heteroatoms. The highest BCUT2D eigenvalue weighted by Crippen LogP contribution is 2.27. The molecule has 110 valence electrons. The first kappa shape index (κ1) is 14.0. The zero-order valence-corrected chi connectivity index (χ0v) is 12.6. The molecule has 1 aliphatic rings. The highest BCUT2D eigenvalue weighted by atomic mass is 16.5. The Hall–Kier alpha value is -1.94. The van der Waals surface area contributed by atoms with E-state index >= 15 is 0 Å². The Morgan fingerprint density at radius 2 is 1.95 bits per heavy atom. The molecule has 21 heavy (non-hydrogen) atoms. The predicted octanol–water partition coefficient (Wildman–Crippen LogP) is 2.96. The SMILES string of the molecule is COc1cccc(-c2cnc(C3CCN(C)CC3)cn2)c1. The van der Waals surface area contributed by atoms with Gasteiger partial charge >= 0.3 is 0 Å². The lowest BCUT2D eigenvalue weighted by molar-refractivity contribution is 0.253. The smallest absolute Gasteiger partial charge is 0.119 e. The van der Waals surface area contributed by atoms with Gasteiger partial charge in [-0.3, -0.25) is 9.97 Å². The van der Waals surface area contributed by atoms with Gasteiger partial charge in [0.15, 0.2) is 0 Å². The van der Waals surface area contributed by atoms with E-state index in [2.05, 4.69) is 21.9 Å². The van der Waals surface area contributed by atoms with Gasteiger partial charge in [0.25, 0.3) is 0 Å². The number of piperidine rings is 1. The number of likely N-dealkylation sites (tertiary alicyclic amines) is 1. The lowest BCUT2D eigenvalue weighted by atomic mass is 9.94. The summed E-state index contributed by atoms with van der Waals surface area (Å²) in [6, 6.07) is 7.92.